The number of hydrogen-bond acceptors (Lipinski definition) is 3. The van der Waals surface area contributed by atoms with E-state index >= 15 is 0 Å². The van der Waals surface area contributed by atoms with Crippen molar-refractivity contribution < 1.29 is 4.79 Å². The van der Waals surface area contributed by atoms with Crippen LogP contribution in [-0.4, -0.2) is 27.5 Å². The monoisotopic (exact) mass is 252 g/mol. The summed E-state index contributed by atoms with van der Waals surface area (Å²) in [4.78, 5) is 15.7. The summed E-state index contributed by atoms with van der Waals surface area (Å²) in [5.41, 5.74) is 4.87. The van der Waals surface area contributed by atoms with E-state index in [1.165, 1.54) is 0 Å². The van der Waals surface area contributed by atoms with Crippen LogP contribution in [0.1, 0.15) is 38.9 Å². The van der Waals surface area contributed by atoms with Crippen molar-refractivity contribution in [2.24, 2.45) is 5.73 Å². The maximum atomic E-state index is 11.5. The summed E-state index contributed by atoms with van der Waals surface area (Å²) in [6, 6.07) is 0. The fourth-order valence-corrected chi connectivity index (χ4v) is 1.94. The molecule has 0 aromatic carbocycles. The number of carbonyl (C=O) groups excluding carboxylic acids is 1. The van der Waals surface area contributed by atoms with Gasteiger partial charge in [0.05, 0.1) is 5.54 Å². The molecule has 102 valence electrons. The van der Waals surface area contributed by atoms with Gasteiger partial charge in [0.15, 0.2) is 0 Å². The lowest BCUT2D eigenvalue weighted by Gasteiger charge is -2.27. The minimum Gasteiger partial charge on any atom is -0.368 e. The molecule has 1 unspecified atom stereocenters. The third kappa shape index (κ3) is 3.84. The van der Waals surface area contributed by atoms with Crippen LogP contribution in [0.4, 0.5) is 0 Å². The Labute approximate surface area is 109 Å². The molecule has 0 fully saturated rings. The van der Waals surface area contributed by atoms with Crippen LogP contribution < -0.4 is 11.1 Å². The number of nitrogens with zero attached hydrogens (tertiary/aromatic N) is 2. The predicted molar refractivity (Wildman–Crippen MR) is 72.1 cm³/mol. The molecule has 0 radical (unpaired) electrons. The quantitative estimate of drug-likeness (QED) is 0.730. The molecule has 5 heteroatoms. The molecule has 5 nitrogen and oxygen atoms in total. The molecule has 0 aliphatic rings. The van der Waals surface area contributed by atoms with E-state index in [0.717, 1.165) is 38.2 Å². The molecular formula is C13H24N4O. The lowest BCUT2D eigenvalue weighted by atomic mass is 9.94. The number of nitrogens with two attached hydrogens (primary N) is 1. The number of primary amides is 1. The molecular weight excluding hydrogens is 228 g/mol. The van der Waals surface area contributed by atoms with Gasteiger partial charge in [0.2, 0.25) is 5.91 Å². The van der Waals surface area contributed by atoms with Gasteiger partial charge in [-0.25, -0.2) is 4.98 Å². The van der Waals surface area contributed by atoms with Crippen molar-refractivity contribution in [1.82, 2.24) is 14.9 Å². The molecule has 1 aromatic rings. The SMILES string of the molecule is CCCNC(C)(CCCn1ccnc1C)C(N)=O. The molecule has 1 atom stereocenters. The van der Waals surface area contributed by atoms with Crippen LogP contribution in [-0.2, 0) is 11.3 Å². The van der Waals surface area contributed by atoms with Crippen LogP contribution >= 0.6 is 0 Å². The van der Waals surface area contributed by atoms with Crippen LogP contribution in [0.25, 0.3) is 0 Å². The summed E-state index contributed by atoms with van der Waals surface area (Å²) in [7, 11) is 0. The molecule has 3 N–H and O–H groups in total. The van der Waals surface area contributed by atoms with Gasteiger partial charge in [-0.2, -0.15) is 0 Å². The Kier molecular flexibility index (Phi) is 5.34. The van der Waals surface area contributed by atoms with Crippen molar-refractivity contribution in [2.45, 2.75) is 52.1 Å². The third-order valence-electron chi connectivity index (χ3n) is 3.31. The number of nitrogens with one attached hydrogen (secondary N) is 1. The topological polar surface area (TPSA) is 72.9 Å². The number of hydrogen-bond donors (Lipinski definition) is 2. The number of amides is 1. The lowest BCUT2D eigenvalue weighted by Crippen LogP contribution is -2.53. The minimum absolute atomic E-state index is 0.279. The molecule has 1 rings (SSSR count). The Morgan fingerprint density at radius 3 is 2.83 bits per heavy atom. The van der Waals surface area contributed by atoms with Crippen LogP contribution in [0.3, 0.4) is 0 Å². The highest BCUT2D eigenvalue weighted by Crippen LogP contribution is 2.13. The summed E-state index contributed by atoms with van der Waals surface area (Å²) in [6.45, 7) is 7.60. The van der Waals surface area contributed by atoms with Crippen LogP contribution in [0.2, 0.25) is 0 Å². The second-order valence-electron chi connectivity index (χ2n) is 4.89. The molecule has 0 aliphatic carbocycles. The van der Waals surface area contributed by atoms with Gasteiger partial charge < -0.3 is 15.6 Å². The summed E-state index contributed by atoms with van der Waals surface area (Å²) >= 11 is 0. The van der Waals surface area contributed by atoms with Gasteiger partial charge in [0.1, 0.15) is 5.82 Å². The highest BCUT2D eigenvalue weighted by molar-refractivity contribution is 5.84. The van der Waals surface area contributed by atoms with E-state index in [9.17, 15) is 4.79 Å². The van der Waals surface area contributed by atoms with Crippen molar-refractivity contribution in [2.75, 3.05) is 6.54 Å². The van der Waals surface area contributed by atoms with Gasteiger partial charge in [-0.15, -0.1) is 0 Å². The number of rotatable bonds is 8. The lowest BCUT2D eigenvalue weighted by molar-refractivity contribution is -0.124. The standard InChI is InChI=1S/C13H24N4O/c1-4-7-16-13(3,12(14)18)6-5-9-17-10-8-15-11(17)2/h8,10,16H,4-7,9H2,1-3H3,(H2,14,18). The Balaban J connectivity index is 2.47. The number of imidazole rings is 1. The molecule has 0 aliphatic heterocycles. The van der Waals surface area contributed by atoms with Gasteiger partial charge in [-0.1, -0.05) is 6.92 Å². The first kappa shape index (κ1) is 14.7. The highest BCUT2D eigenvalue weighted by atomic mass is 16.1. The maximum Gasteiger partial charge on any atom is 0.237 e. The summed E-state index contributed by atoms with van der Waals surface area (Å²) in [6.07, 6.45) is 6.37. The molecule has 0 spiro atoms. The summed E-state index contributed by atoms with van der Waals surface area (Å²) < 4.78 is 2.08. The van der Waals surface area contributed by atoms with E-state index in [-0.39, 0.29) is 5.91 Å². The normalized spacial score (nSPS) is 14.4. The third-order valence-corrected chi connectivity index (χ3v) is 3.31. The predicted octanol–water partition coefficient (Wildman–Crippen LogP) is 1.22. The van der Waals surface area contributed by atoms with Crippen molar-refractivity contribution in [1.29, 1.82) is 0 Å². The average Bonchev–Trinajstić information content (AvgIpc) is 2.72. The Morgan fingerprint density at radius 1 is 1.61 bits per heavy atom. The molecule has 1 heterocycles. The summed E-state index contributed by atoms with van der Waals surface area (Å²) in [5.74, 6) is 0.718. The zero-order valence-corrected chi connectivity index (χ0v) is 11.6. The van der Waals surface area contributed by atoms with Crippen molar-refractivity contribution in [3.05, 3.63) is 18.2 Å². The fourth-order valence-electron chi connectivity index (χ4n) is 1.94. The number of carbonyl (C=O) groups is 1. The van der Waals surface area contributed by atoms with E-state index in [4.69, 9.17) is 5.73 Å². The largest absolute Gasteiger partial charge is 0.368 e. The number of aromatic nitrogens is 2. The first-order valence-corrected chi connectivity index (χ1v) is 6.52. The van der Waals surface area contributed by atoms with Crippen molar-refractivity contribution in [3.63, 3.8) is 0 Å². The average molecular weight is 252 g/mol. The van der Waals surface area contributed by atoms with Crippen LogP contribution in [0.5, 0.6) is 0 Å². The van der Waals surface area contributed by atoms with Crippen LogP contribution in [0.15, 0.2) is 12.4 Å². The van der Waals surface area contributed by atoms with E-state index in [0.29, 0.717) is 0 Å². The molecule has 0 bridgehead atoms. The molecule has 0 saturated heterocycles. The van der Waals surface area contributed by atoms with E-state index < -0.39 is 5.54 Å². The highest BCUT2D eigenvalue weighted by Gasteiger charge is 2.29. The van der Waals surface area contributed by atoms with Crippen molar-refractivity contribution in [3.8, 4) is 0 Å². The fraction of sp³-hybridized carbons (Fsp3) is 0.692. The second-order valence-corrected chi connectivity index (χ2v) is 4.89. The second kappa shape index (κ2) is 6.54. The zero-order valence-electron chi connectivity index (χ0n) is 11.6. The Morgan fingerprint density at radius 2 is 2.33 bits per heavy atom. The minimum atomic E-state index is -0.607. The van der Waals surface area contributed by atoms with Crippen LogP contribution in [0, 0.1) is 6.92 Å². The molecule has 1 amide bonds. The Bertz CT molecular complexity index is 388. The van der Waals surface area contributed by atoms with Gasteiger partial charge >= 0.3 is 0 Å². The van der Waals surface area contributed by atoms with Gasteiger partial charge in [-0.3, -0.25) is 4.79 Å². The van der Waals surface area contributed by atoms with E-state index in [1.807, 2.05) is 20.0 Å². The zero-order chi connectivity index (χ0) is 13.6. The van der Waals surface area contributed by atoms with E-state index in [2.05, 4.69) is 21.8 Å². The van der Waals surface area contributed by atoms with Gasteiger partial charge in [0, 0.05) is 18.9 Å². The first-order chi connectivity index (χ1) is 8.49. The molecule has 18 heavy (non-hydrogen) atoms. The smallest absolute Gasteiger partial charge is 0.237 e. The van der Waals surface area contributed by atoms with Gasteiger partial charge in [-0.05, 0) is 39.7 Å². The molecule has 0 saturated carbocycles. The van der Waals surface area contributed by atoms with E-state index in [1.54, 1.807) is 6.20 Å². The first-order valence-electron chi connectivity index (χ1n) is 6.52. The Hall–Kier alpha value is -1.36. The van der Waals surface area contributed by atoms with Gasteiger partial charge in [0.25, 0.3) is 0 Å². The number of aryl methyl sites for hydroxylation is 2. The maximum absolute atomic E-state index is 11.5. The summed E-state index contributed by atoms with van der Waals surface area (Å²) in [5, 5.41) is 3.24. The van der Waals surface area contributed by atoms with Crippen molar-refractivity contribution >= 4 is 5.91 Å². The molecule has 1 aromatic heterocycles.